The molecule has 1 aliphatic heterocycles. The van der Waals surface area contributed by atoms with Gasteiger partial charge in [-0.05, 0) is 49.8 Å². The molecule has 5 heterocycles. The molecule has 0 amide bonds. The summed E-state index contributed by atoms with van der Waals surface area (Å²) in [6, 6.07) is 4.21. The monoisotopic (exact) mass is 518 g/mol. The number of aromatic amines is 1. The van der Waals surface area contributed by atoms with Gasteiger partial charge in [0.25, 0.3) is 0 Å². The molecule has 0 atom stereocenters. The first-order valence-corrected chi connectivity index (χ1v) is 13.3. The number of anilines is 2. The lowest BCUT2D eigenvalue weighted by molar-refractivity contribution is 0.0774. The average molecular weight is 519 g/mol. The lowest BCUT2D eigenvalue weighted by atomic mass is 9.75. The zero-order valence-electron chi connectivity index (χ0n) is 19.4. The molecule has 0 aromatic carbocycles. The van der Waals surface area contributed by atoms with E-state index in [9.17, 15) is 4.79 Å². The Hall–Kier alpha value is -3.24. The number of piperidine rings is 1. The number of hydrogen-bond donors (Lipinski definition) is 2. The molecule has 0 bridgehead atoms. The Labute approximate surface area is 216 Å². The SMILES string of the molecule is O=C1c2ccncc2CC12CCN(c1nc3nc(Sc4ccnc(NC5CC5)c4Cl)cnc3[nH]1)CC2. The first-order valence-electron chi connectivity index (χ1n) is 12.1. The molecule has 2 N–H and O–H groups in total. The molecule has 1 saturated heterocycles. The van der Waals surface area contributed by atoms with Crippen molar-refractivity contribution in [2.75, 3.05) is 23.3 Å². The van der Waals surface area contributed by atoms with E-state index in [4.69, 9.17) is 21.6 Å². The van der Waals surface area contributed by atoms with Crippen LogP contribution in [0.5, 0.6) is 0 Å². The predicted molar refractivity (Wildman–Crippen MR) is 138 cm³/mol. The van der Waals surface area contributed by atoms with Crippen LogP contribution in [0.1, 0.15) is 41.6 Å². The van der Waals surface area contributed by atoms with Crippen molar-refractivity contribution >= 4 is 52.2 Å². The summed E-state index contributed by atoms with van der Waals surface area (Å²) < 4.78 is 0. The Morgan fingerprint density at radius 3 is 2.78 bits per heavy atom. The number of imidazole rings is 1. The van der Waals surface area contributed by atoms with Crippen molar-refractivity contribution in [2.45, 2.75) is 48.1 Å². The van der Waals surface area contributed by atoms with Crippen LogP contribution >= 0.6 is 23.4 Å². The minimum absolute atomic E-state index is 0.263. The second-order valence-electron chi connectivity index (χ2n) is 9.74. The first-order chi connectivity index (χ1) is 17.6. The third-order valence-corrected chi connectivity index (χ3v) is 8.80. The number of fused-ring (bicyclic) bond motifs is 2. The molecule has 1 spiro atoms. The van der Waals surface area contributed by atoms with Crippen LogP contribution in [0.3, 0.4) is 0 Å². The van der Waals surface area contributed by atoms with Crippen molar-refractivity contribution in [3.8, 4) is 0 Å². The molecule has 3 aliphatic rings. The maximum absolute atomic E-state index is 13.1. The minimum atomic E-state index is -0.314. The number of hydrogen-bond acceptors (Lipinski definition) is 9. The molecule has 4 aromatic heterocycles. The third-order valence-electron chi connectivity index (χ3n) is 7.34. The van der Waals surface area contributed by atoms with Gasteiger partial charge in [-0.2, -0.15) is 4.98 Å². The molecular formula is C25H23ClN8OS. The number of ketones is 1. The minimum Gasteiger partial charge on any atom is -0.366 e. The summed E-state index contributed by atoms with van der Waals surface area (Å²) in [7, 11) is 0. The normalized spacial score (nSPS) is 18.7. The van der Waals surface area contributed by atoms with Crippen LogP contribution in [0.2, 0.25) is 5.02 Å². The van der Waals surface area contributed by atoms with Crippen molar-refractivity contribution in [3.63, 3.8) is 0 Å². The second-order valence-corrected chi connectivity index (χ2v) is 11.2. The Balaban J connectivity index is 1.07. The highest BCUT2D eigenvalue weighted by molar-refractivity contribution is 7.99. The summed E-state index contributed by atoms with van der Waals surface area (Å²) in [5, 5.41) is 4.68. The number of aromatic nitrogens is 6. The first kappa shape index (κ1) is 22.0. The van der Waals surface area contributed by atoms with Gasteiger partial charge in [0.1, 0.15) is 10.8 Å². The van der Waals surface area contributed by atoms with Crippen molar-refractivity contribution in [3.05, 3.63) is 53.1 Å². The topological polar surface area (TPSA) is 113 Å². The zero-order valence-corrected chi connectivity index (χ0v) is 20.9. The van der Waals surface area contributed by atoms with Crippen molar-refractivity contribution < 1.29 is 4.79 Å². The number of nitrogens with one attached hydrogen (secondary N) is 2. The van der Waals surface area contributed by atoms with E-state index in [0.717, 1.165) is 67.2 Å². The van der Waals surface area contributed by atoms with Crippen molar-refractivity contribution in [1.82, 2.24) is 29.9 Å². The summed E-state index contributed by atoms with van der Waals surface area (Å²) in [6.07, 6.45) is 11.7. The Morgan fingerprint density at radius 1 is 1.11 bits per heavy atom. The van der Waals surface area contributed by atoms with Gasteiger partial charge in [0.2, 0.25) is 5.95 Å². The Bertz CT molecular complexity index is 1490. The van der Waals surface area contributed by atoms with Gasteiger partial charge in [0.15, 0.2) is 17.1 Å². The highest BCUT2D eigenvalue weighted by Gasteiger charge is 2.47. The van der Waals surface area contributed by atoms with Crippen LogP contribution in [0.15, 0.2) is 46.8 Å². The third kappa shape index (κ3) is 3.79. The van der Waals surface area contributed by atoms with E-state index in [1.54, 1.807) is 18.6 Å². The van der Waals surface area contributed by atoms with Crippen molar-refractivity contribution in [2.24, 2.45) is 5.41 Å². The van der Waals surface area contributed by atoms with Gasteiger partial charge < -0.3 is 15.2 Å². The Morgan fingerprint density at radius 2 is 1.97 bits per heavy atom. The van der Waals surface area contributed by atoms with Gasteiger partial charge in [-0.3, -0.25) is 9.78 Å². The molecule has 9 nitrogen and oxygen atoms in total. The van der Waals surface area contributed by atoms with E-state index in [-0.39, 0.29) is 11.2 Å². The van der Waals surface area contributed by atoms with E-state index in [1.807, 2.05) is 18.3 Å². The molecule has 2 fully saturated rings. The van der Waals surface area contributed by atoms with Crippen LogP contribution in [0, 0.1) is 5.41 Å². The fourth-order valence-electron chi connectivity index (χ4n) is 5.17. The van der Waals surface area contributed by atoms with Gasteiger partial charge in [-0.25, -0.2) is 15.0 Å². The maximum Gasteiger partial charge on any atom is 0.206 e. The Kier molecular flexibility index (Phi) is 5.14. The summed E-state index contributed by atoms with van der Waals surface area (Å²) >= 11 is 8.04. The number of H-pyrrole nitrogens is 1. The van der Waals surface area contributed by atoms with Gasteiger partial charge in [-0.15, -0.1) is 0 Å². The number of nitrogens with zero attached hydrogens (tertiary/aromatic N) is 6. The number of carbonyl (C=O) groups is 1. The van der Waals surface area contributed by atoms with E-state index in [1.165, 1.54) is 11.8 Å². The molecule has 36 heavy (non-hydrogen) atoms. The summed E-state index contributed by atoms with van der Waals surface area (Å²) in [6.45, 7) is 1.50. The predicted octanol–water partition coefficient (Wildman–Crippen LogP) is 4.55. The fourth-order valence-corrected chi connectivity index (χ4v) is 6.23. The van der Waals surface area contributed by atoms with Gasteiger partial charge in [0, 0.05) is 53.6 Å². The van der Waals surface area contributed by atoms with E-state index >= 15 is 0 Å². The molecule has 1 saturated carbocycles. The molecule has 4 aromatic rings. The summed E-state index contributed by atoms with van der Waals surface area (Å²) in [5.41, 5.74) is 2.80. The molecule has 0 unspecified atom stereocenters. The molecule has 0 radical (unpaired) electrons. The average Bonchev–Trinajstić information content (AvgIpc) is 3.55. The lowest BCUT2D eigenvalue weighted by Gasteiger charge is -2.37. The van der Waals surface area contributed by atoms with E-state index in [2.05, 4.69) is 30.2 Å². The summed E-state index contributed by atoms with van der Waals surface area (Å²) in [5.74, 6) is 1.71. The molecule has 11 heteroatoms. The smallest absolute Gasteiger partial charge is 0.206 e. The quantitative estimate of drug-likeness (QED) is 0.393. The van der Waals surface area contributed by atoms with Crippen LogP contribution in [-0.4, -0.2) is 54.8 Å². The number of halogens is 1. The molecule has 182 valence electrons. The molecule has 2 aliphatic carbocycles. The van der Waals surface area contributed by atoms with Crippen LogP contribution < -0.4 is 10.2 Å². The molecule has 7 rings (SSSR count). The van der Waals surface area contributed by atoms with E-state index in [0.29, 0.717) is 33.2 Å². The van der Waals surface area contributed by atoms with Crippen molar-refractivity contribution in [1.29, 1.82) is 0 Å². The largest absolute Gasteiger partial charge is 0.366 e. The fraction of sp³-hybridized carbons (Fsp3) is 0.360. The highest BCUT2D eigenvalue weighted by atomic mass is 35.5. The van der Waals surface area contributed by atoms with E-state index < -0.39 is 0 Å². The number of Topliss-reactive ketones (excluding diaryl/α,β-unsaturated/α-hetero) is 1. The maximum atomic E-state index is 13.1. The van der Waals surface area contributed by atoms with Gasteiger partial charge >= 0.3 is 0 Å². The van der Waals surface area contributed by atoms with Crippen LogP contribution in [0.4, 0.5) is 11.8 Å². The van der Waals surface area contributed by atoms with Gasteiger partial charge in [-0.1, -0.05) is 23.4 Å². The second kappa shape index (κ2) is 8.41. The van der Waals surface area contributed by atoms with Crippen LogP contribution in [0.25, 0.3) is 11.3 Å². The lowest BCUT2D eigenvalue weighted by Crippen LogP contribution is -2.43. The standard InChI is InChI=1S/C25H23ClN8OS/c26-19-17(4-8-28-21(19)30-15-1-2-15)36-18-13-29-22-23(31-18)33-24(32-22)34-9-5-25(6-10-34)11-14-12-27-7-3-16(14)20(25)35/h3-4,7-8,12-13,15H,1-2,5-6,9-11H2,(H,28,30)(H,29,31,32,33). The highest BCUT2D eigenvalue weighted by Crippen LogP contribution is 2.45. The summed E-state index contributed by atoms with van der Waals surface area (Å²) in [4.78, 5) is 42.1. The van der Waals surface area contributed by atoms with Crippen LogP contribution in [-0.2, 0) is 6.42 Å². The molecular weight excluding hydrogens is 496 g/mol. The number of pyridine rings is 2. The van der Waals surface area contributed by atoms with Gasteiger partial charge in [0.05, 0.1) is 11.2 Å². The number of rotatable bonds is 5. The number of carbonyl (C=O) groups excluding carboxylic acids is 1. The zero-order chi connectivity index (χ0) is 24.3.